The summed E-state index contributed by atoms with van der Waals surface area (Å²) in [5.41, 5.74) is 0. The Morgan fingerprint density at radius 1 is 1.44 bits per heavy atom. The summed E-state index contributed by atoms with van der Waals surface area (Å²) in [5.74, 6) is 1.85. The topological polar surface area (TPSA) is 61.2 Å². The first-order chi connectivity index (χ1) is 7.92. The van der Waals surface area contributed by atoms with Gasteiger partial charge in [0, 0.05) is 26.2 Å². The number of rotatable bonds is 4. The number of guanidine groups is 2. The Kier molecular flexibility index (Phi) is 3.98. The SMILES string of the molecule is CCOCCNC1=NCCN1C1=NCCN1. The fourth-order valence-corrected chi connectivity index (χ4v) is 1.75. The van der Waals surface area contributed by atoms with Crippen LogP contribution in [0.5, 0.6) is 0 Å². The van der Waals surface area contributed by atoms with Crippen LogP contribution in [0.3, 0.4) is 0 Å². The van der Waals surface area contributed by atoms with Gasteiger partial charge in [0.1, 0.15) is 0 Å². The molecule has 90 valence electrons. The van der Waals surface area contributed by atoms with E-state index in [-0.39, 0.29) is 0 Å². The van der Waals surface area contributed by atoms with E-state index in [9.17, 15) is 0 Å². The largest absolute Gasteiger partial charge is 0.380 e. The van der Waals surface area contributed by atoms with Gasteiger partial charge in [0.25, 0.3) is 0 Å². The highest BCUT2D eigenvalue weighted by atomic mass is 16.5. The van der Waals surface area contributed by atoms with E-state index in [1.165, 1.54) is 0 Å². The molecule has 0 fully saturated rings. The van der Waals surface area contributed by atoms with Gasteiger partial charge in [-0.2, -0.15) is 0 Å². The molecule has 16 heavy (non-hydrogen) atoms. The average molecular weight is 225 g/mol. The average Bonchev–Trinajstić information content (AvgIpc) is 2.94. The van der Waals surface area contributed by atoms with Gasteiger partial charge in [-0.25, -0.2) is 0 Å². The zero-order valence-electron chi connectivity index (χ0n) is 9.70. The Bertz CT molecular complexity index is 289. The lowest BCUT2D eigenvalue weighted by Gasteiger charge is -2.20. The summed E-state index contributed by atoms with van der Waals surface area (Å²) in [7, 11) is 0. The van der Waals surface area contributed by atoms with E-state index in [0.717, 1.165) is 51.2 Å². The zero-order valence-corrected chi connectivity index (χ0v) is 9.70. The van der Waals surface area contributed by atoms with Gasteiger partial charge in [-0.3, -0.25) is 14.9 Å². The van der Waals surface area contributed by atoms with Gasteiger partial charge in [0.2, 0.25) is 11.9 Å². The second-order valence-electron chi connectivity index (χ2n) is 3.61. The highest BCUT2D eigenvalue weighted by Gasteiger charge is 2.23. The maximum atomic E-state index is 5.27. The number of nitrogens with one attached hydrogen (secondary N) is 2. The Labute approximate surface area is 95.8 Å². The summed E-state index contributed by atoms with van der Waals surface area (Å²) in [4.78, 5) is 10.9. The standard InChI is InChI=1S/C10H19N5O/c1-2-16-8-6-14-10-13-5-7-15(10)9-11-3-4-12-9/h2-8H2,1H3,(H,11,12)(H,13,14). The van der Waals surface area contributed by atoms with Gasteiger partial charge in [-0.15, -0.1) is 0 Å². The maximum Gasteiger partial charge on any atom is 0.201 e. The first-order valence-corrected chi connectivity index (χ1v) is 5.83. The number of aliphatic imine (C=N–C) groups is 2. The van der Waals surface area contributed by atoms with Crippen LogP contribution in [0.1, 0.15) is 6.92 Å². The summed E-state index contributed by atoms with van der Waals surface area (Å²) < 4.78 is 5.27. The summed E-state index contributed by atoms with van der Waals surface area (Å²) in [5, 5.41) is 6.53. The van der Waals surface area contributed by atoms with Crippen LogP contribution in [0.2, 0.25) is 0 Å². The van der Waals surface area contributed by atoms with Gasteiger partial charge < -0.3 is 15.4 Å². The molecule has 0 aromatic carbocycles. The molecule has 0 saturated carbocycles. The minimum atomic E-state index is 0.712. The predicted octanol–water partition coefficient (Wildman–Crippen LogP) is -0.757. The van der Waals surface area contributed by atoms with E-state index >= 15 is 0 Å². The van der Waals surface area contributed by atoms with E-state index in [1.54, 1.807) is 0 Å². The molecule has 2 N–H and O–H groups in total. The second kappa shape index (κ2) is 5.69. The van der Waals surface area contributed by atoms with Crippen LogP contribution in [0, 0.1) is 0 Å². The predicted molar refractivity (Wildman–Crippen MR) is 63.8 cm³/mol. The van der Waals surface area contributed by atoms with Crippen LogP contribution < -0.4 is 10.6 Å². The summed E-state index contributed by atoms with van der Waals surface area (Å²) in [6.45, 7) is 7.78. The molecule has 0 aromatic rings. The lowest BCUT2D eigenvalue weighted by atomic mass is 10.6. The van der Waals surface area contributed by atoms with E-state index < -0.39 is 0 Å². The molecule has 0 radical (unpaired) electrons. The van der Waals surface area contributed by atoms with Crippen molar-refractivity contribution >= 4 is 11.9 Å². The molecule has 6 nitrogen and oxygen atoms in total. The fraction of sp³-hybridized carbons (Fsp3) is 0.800. The highest BCUT2D eigenvalue weighted by Crippen LogP contribution is 2.02. The molecular formula is C10H19N5O. The third-order valence-corrected chi connectivity index (χ3v) is 2.49. The summed E-state index contributed by atoms with van der Waals surface area (Å²) in [6.07, 6.45) is 0. The quantitative estimate of drug-likeness (QED) is 0.618. The van der Waals surface area contributed by atoms with Crippen LogP contribution >= 0.6 is 0 Å². The van der Waals surface area contributed by atoms with Crippen molar-refractivity contribution in [3.63, 3.8) is 0 Å². The molecule has 6 heteroatoms. The van der Waals surface area contributed by atoms with Crippen LogP contribution in [0.15, 0.2) is 9.98 Å². The number of hydrogen-bond acceptors (Lipinski definition) is 6. The molecule has 2 aliphatic heterocycles. The van der Waals surface area contributed by atoms with E-state index in [1.807, 2.05) is 6.92 Å². The molecule has 0 bridgehead atoms. The monoisotopic (exact) mass is 225 g/mol. The van der Waals surface area contributed by atoms with Crippen LogP contribution in [0.25, 0.3) is 0 Å². The van der Waals surface area contributed by atoms with Crippen molar-refractivity contribution in [2.45, 2.75) is 6.92 Å². The Balaban J connectivity index is 1.79. The van der Waals surface area contributed by atoms with Crippen molar-refractivity contribution in [3.05, 3.63) is 0 Å². The van der Waals surface area contributed by atoms with Crippen LogP contribution in [-0.4, -0.2) is 62.8 Å². The Morgan fingerprint density at radius 2 is 2.38 bits per heavy atom. The molecule has 0 unspecified atom stereocenters. The number of ether oxygens (including phenoxy) is 1. The van der Waals surface area contributed by atoms with Gasteiger partial charge in [-0.1, -0.05) is 0 Å². The molecular weight excluding hydrogens is 206 g/mol. The first kappa shape index (κ1) is 11.2. The third-order valence-electron chi connectivity index (χ3n) is 2.49. The fourth-order valence-electron chi connectivity index (χ4n) is 1.75. The van der Waals surface area contributed by atoms with E-state index in [4.69, 9.17) is 4.74 Å². The van der Waals surface area contributed by atoms with Crippen molar-refractivity contribution in [1.29, 1.82) is 0 Å². The van der Waals surface area contributed by atoms with Crippen molar-refractivity contribution in [1.82, 2.24) is 15.5 Å². The normalized spacial score (nSPS) is 19.4. The van der Waals surface area contributed by atoms with E-state index in [0.29, 0.717) is 6.61 Å². The van der Waals surface area contributed by atoms with Crippen LogP contribution in [-0.2, 0) is 4.74 Å². The Morgan fingerprint density at radius 3 is 3.12 bits per heavy atom. The minimum Gasteiger partial charge on any atom is -0.380 e. The smallest absolute Gasteiger partial charge is 0.201 e. The van der Waals surface area contributed by atoms with Gasteiger partial charge in [0.15, 0.2) is 0 Å². The molecule has 0 amide bonds. The van der Waals surface area contributed by atoms with Gasteiger partial charge in [-0.05, 0) is 6.92 Å². The molecule has 0 aliphatic carbocycles. The molecule has 0 saturated heterocycles. The van der Waals surface area contributed by atoms with Gasteiger partial charge in [0.05, 0.1) is 19.7 Å². The minimum absolute atomic E-state index is 0.712. The van der Waals surface area contributed by atoms with Gasteiger partial charge >= 0.3 is 0 Å². The van der Waals surface area contributed by atoms with Crippen molar-refractivity contribution in [3.8, 4) is 0 Å². The summed E-state index contributed by atoms with van der Waals surface area (Å²) in [6, 6.07) is 0. The molecule has 2 rings (SSSR count). The number of hydrogen-bond donors (Lipinski definition) is 2. The molecule has 2 aliphatic rings. The maximum absolute atomic E-state index is 5.27. The molecule has 0 spiro atoms. The zero-order chi connectivity index (χ0) is 11.2. The first-order valence-electron chi connectivity index (χ1n) is 5.83. The molecule has 2 heterocycles. The Hall–Kier alpha value is -1.30. The highest BCUT2D eigenvalue weighted by molar-refractivity contribution is 6.00. The molecule has 0 atom stereocenters. The van der Waals surface area contributed by atoms with E-state index in [2.05, 4.69) is 25.5 Å². The van der Waals surface area contributed by atoms with Crippen molar-refractivity contribution < 1.29 is 4.74 Å². The van der Waals surface area contributed by atoms with Crippen molar-refractivity contribution in [2.24, 2.45) is 9.98 Å². The summed E-state index contributed by atoms with van der Waals surface area (Å²) >= 11 is 0. The number of nitrogens with zero attached hydrogens (tertiary/aromatic N) is 3. The lowest BCUT2D eigenvalue weighted by molar-refractivity contribution is 0.152. The van der Waals surface area contributed by atoms with Crippen molar-refractivity contribution in [2.75, 3.05) is 45.9 Å². The molecule has 0 aromatic heterocycles. The second-order valence-corrected chi connectivity index (χ2v) is 3.61. The lowest BCUT2D eigenvalue weighted by Crippen LogP contribution is -2.47. The van der Waals surface area contributed by atoms with Crippen LogP contribution in [0.4, 0.5) is 0 Å². The third kappa shape index (κ3) is 2.63.